The van der Waals surface area contributed by atoms with Gasteiger partial charge >= 0.3 is 0 Å². The van der Waals surface area contributed by atoms with Crippen molar-refractivity contribution in [3.05, 3.63) is 23.8 Å². The van der Waals surface area contributed by atoms with Crippen LogP contribution >= 0.6 is 23.2 Å². The highest BCUT2D eigenvalue weighted by molar-refractivity contribution is 6.18. The van der Waals surface area contributed by atoms with Crippen molar-refractivity contribution in [1.29, 1.82) is 0 Å². The van der Waals surface area contributed by atoms with Crippen LogP contribution in [0.3, 0.4) is 0 Å². The first kappa shape index (κ1) is 13.5. The van der Waals surface area contributed by atoms with Crippen LogP contribution in [0.5, 0.6) is 5.75 Å². The van der Waals surface area contributed by atoms with E-state index in [9.17, 15) is 0 Å². The van der Waals surface area contributed by atoms with Gasteiger partial charge in [0.05, 0.1) is 12.8 Å². The van der Waals surface area contributed by atoms with E-state index in [4.69, 9.17) is 27.9 Å². The summed E-state index contributed by atoms with van der Waals surface area (Å²) in [6.07, 6.45) is 0. The number of halogens is 2. The first-order chi connectivity index (χ1) is 7.72. The molecule has 90 valence electrons. The Hall–Kier alpha value is -0.600. The summed E-state index contributed by atoms with van der Waals surface area (Å²) in [5, 5.41) is 0. The van der Waals surface area contributed by atoms with Crippen LogP contribution in [0.15, 0.2) is 18.2 Å². The van der Waals surface area contributed by atoms with Gasteiger partial charge in [0.1, 0.15) is 5.75 Å². The normalized spacial score (nSPS) is 10.2. The lowest BCUT2D eigenvalue weighted by Gasteiger charge is -2.25. The van der Waals surface area contributed by atoms with Gasteiger partial charge in [-0.2, -0.15) is 0 Å². The van der Waals surface area contributed by atoms with E-state index in [2.05, 4.69) is 11.0 Å². The molecule has 0 heterocycles. The molecule has 4 heteroatoms. The molecule has 0 aliphatic heterocycles. The summed E-state index contributed by atoms with van der Waals surface area (Å²) < 4.78 is 5.37. The number of ether oxygens (including phenoxy) is 1. The topological polar surface area (TPSA) is 12.5 Å². The molecule has 0 spiro atoms. The molecule has 0 unspecified atom stereocenters. The minimum absolute atomic E-state index is 0.577. The van der Waals surface area contributed by atoms with Crippen molar-refractivity contribution < 1.29 is 4.74 Å². The third-order valence-corrected chi connectivity index (χ3v) is 2.72. The van der Waals surface area contributed by atoms with E-state index < -0.39 is 0 Å². The molecule has 0 atom stereocenters. The molecule has 1 aromatic carbocycles. The average Bonchev–Trinajstić information content (AvgIpc) is 2.28. The minimum Gasteiger partial charge on any atom is -0.495 e. The molecule has 0 saturated heterocycles. The number of anilines is 1. The Morgan fingerprint density at radius 3 is 2.31 bits per heavy atom. The zero-order chi connectivity index (χ0) is 12.0. The number of hydrogen-bond acceptors (Lipinski definition) is 2. The van der Waals surface area contributed by atoms with Crippen LogP contribution in [0.4, 0.5) is 5.69 Å². The van der Waals surface area contributed by atoms with Gasteiger partial charge in [-0.25, -0.2) is 0 Å². The van der Waals surface area contributed by atoms with Crippen LogP contribution in [0.25, 0.3) is 0 Å². The molecule has 0 bridgehead atoms. The summed E-state index contributed by atoms with van der Waals surface area (Å²) in [6.45, 7) is 3.58. The maximum Gasteiger partial charge on any atom is 0.142 e. The van der Waals surface area contributed by atoms with Crippen molar-refractivity contribution in [3.63, 3.8) is 0 Å². The average molecular weight is 262 g/mol. The fraction of sp³-hybridized carbons (Fsp3) is 0.500. The lowest BCUT2D eigenvalue weighted by molar-refractivity contribution is 0.414. The fourth-order valence-corrected chi connectivity index (χ4v) is 2.01. The summed E-state index contributed by atoms with van der Waals surface area (Å²) in [4.78, 5) is 2.14. The van der Waals surface area contributed by atoms with Crippen LogP contribution in [0.2, 0.25) is 0 Å². The van der Waals surface area contributed by atoms with E-state index in [0.29, 0.717) is 11.8 Å². The van der Waals surface area contributed by atoms with Gasteiger partial charge in [0.25, 0.3) is 0 Å². The molecule has 0 amide bonds. The Morgan fingerprint density at radius 1 is 1.19 bits per heavy atom. The van der Waals surface area contributed by atoms with Crippen molar-refractivity contribution in [2.45, 2.75) is 6.92 Å². The van der Waals surface area contributed by atoms with E-state index in [1.165, 1.54) is 5.56 Å². The molecule has 0 aliphatic rings. The minimum atomic E-state index is 0.577. The Balaban J connectivity index is 2.97. The van der Waals surface area contributed by atoms with E-state index in [1.54, 1.807) is 7.11 Å². The lowest BCUT2D eigenvalue weighted by atomic mass is 10.2. The highest BCUT2D eigenvalue weighted by atomic mass is 35.5. The molecular formula is C12H17Cl2NO. The van der Waals surface area contributed by atoms with Gasteiger partial charge in [-0.3, -0.25) is 0 Å². The number of aryl methyl sites for hydroxylation is 1. The second-order valence-corrected chi connectivity index (χ2v) is 4.30. The predicted octanol–water partition coefficient (Wildman–Crippen LogP) is 3.29. The molecular weight excluding hydrogens is 245 g/mol. The van der Waals surface area contributed by atoms with Crippen molar-refractivity contribution >= 4 is 28.9 Å². The van der Waals surface area contributed by atoms with Crippen molar-refractivity contribution in [1.82, 2.24) is 0 Å². The monoisotopic (exact) mass is 261 g/mol. The second kappa shape index (κ2) is 6.87. The Morgan fingerprint density at radius 2 is 1.81 bits per heavy atom. The van der Waals surface area contributed by atoms with Gasteiger partial charge < -0.3 is 9.64 Å². The molecule has 0 saturated carbocycles. The van der Waals surface area contributed by atoms with Gasteiger partial charge in [0, 0.05) is 24.8 Å². The predicted molar refractivity (Wildman–Crippen MR) is 71.4 cm³/mol. The maximum absolute atomic E-state index is 5.78. The Labute approximate surface area is 107 Å². The number of hydrogen-bond donors (Lipinski definition) is 0. The van der Waals surface area contributed by atoms with E-state index >= 15 is 0 Å². The molecule has 1 aromatic rings. The van der Waals surface area contributed by atoms with Crippen LogP contribution in [-0.2, 0) is 0 Å². The van der Waals surface area contributed by atoms with Gasteiger partial charge in [-0.05, 0) is 24.6 Å². The number of nitrogens with zero attached hydrogens (tertiary/aromatic N) is 1. The largest absolute Gasteiger partial charge is 0.495 e. The van der Waals surface area contributed by atoms with Crippen LogP contribution in [-0.4, -0.2) is 32.0 Å². The van der Waals surface area contributed by atoms with Crippen molar-refractivity contribution in [3.8, 4) is 5.75 Å². The van der Waals surface area contributed by atoms with Gasteiger partial charge in [0.15, 0.2) is 0 Å². The number of alkyl halides is 2. The molecule has 0 radical (unpaired) electrons. The Kier molecular flexibility index (Phi) is 5.78. The third-order valence-electron chi connectivity index (χ3n) is 2.38. The van der Waals surface area contributed by atoms with Gasteiger partial charge in [-0.15, -0.1) is 23.2 Å². The molecule has 2 nitrogen and oxygen atoms in total. The van der Waals surface area contributed by atoms with E-state index in [0.717, 1.165) is 24.5 Å². The highest BCUT2D eigenvalue weighted by Gasteiger charge is 2.10. The lowest BCUT2D eigenvalue weighted by Crippen LogP contribution is -2.28. The molecule has 0 N–H and O–H groups in total. The molecule has 0 fully saturated rings. The van der Waals surface area contributed by atoms with Crippen molar-refractivity contribution in [2.75, 3.05) is 36.9 Å². The standard InChI is InChI=1S/C12H17Cl2NO/c1-10-3-4-11(12(9-10)16-2)15(7-5-13)8-6-14/h3-4,9H,5-8H2,1-2H3. The van der Waals surface area contributed by atoms with Crippen LogP contribution in [0, 0.1) is 6.92 Å². The summed E-state index contributed by atoms with van der Waals surface area (Å²) in [5.41, 5.74) is 2.23. The summed E-state index contributed by atoms with van der Waals surface area (Å²) in [5.74, 6) is 2.03. The maximum atomic E-state index is 5.78. The van der Waals surface area contributed by atoms with Gasteiger partial charge in [-0.1, -0.05) is 6.07 Å². The molecule has 0 aromatic heterocycles. The first-order valence-electron chi connectivity index (χ1n) is 5.24. The second-order valence-electron chi connectivity index (χ2n) is 3.54. The quantitative estimate of drug-likeness (QED) is 0.729. The smallest absolute Gasteiger partial charge is 0.142 e. The third kappa shape index (κ3) is 3.46. The number of benzene rings is 1. The number of methoxy groups -OCH3 is 1. The molecule has 0 aliphatic carbocycles. The molecule has 1 rings (SSSR count). The van der Waals surface area contributed by atoms with E-state index in [1.807, 2.05) is 19.1 Å². The first-order valence-corrected chi connectivity index (χ1v) is 6.31. The summed E-state index contributed by atoms with van der Waals surface area (Å²) in [6, 6.07) is 6.13. The van der Waals surface area contributed by atoms with Crippen molar-refractivity contribution in [2.24, 2.45) is 0 Å². The van der Waals surface area contributed by atoms with E-state index in [-0.39, 0.29) is 0 Å². The Bertz CT molecular complexity index is 325. The zero-order valence-electron chi connectivity index (χ0n) is 9.67. The van der Waals surface area contributed by atoms with Crippen LogP contribution in [0.1, 0.15) is 5.56 Å². The summed E-state index contributed by atoms with van der Waals surface area (Å²) >= 11 is 11.6. The summed E-state index contributed by atoms with van der Waals surface area (Å²) in [7, 11) is 1.68. The number of rotatable bonds is 6. The zero-order valence-corrected chi connectivity index (χ0v) is 11.2. The molecule has 16 heavy (non-hydrogen) atoms. The van der Waals surface area contributed by atoms with Gasteiger partial charge in [0.2, 0.25) is 0 Å². The SMILES string of the molecule is COc1cc(C)ccc1N(CCCl)CCCl. The van der Waals surface area contributed by atoms with Crippen LogP contribution < -0.4 is 9.64 Å². The highest BCUT2D eigenvalue weighted by Crippen LogP contribution is 2.29. The fourth-order valence-electron chi connectivity index (χ4n) is 1.60.